The number of hydrogen-bond donors (Lipinski definition) is 4. The van der Waals surface area contributed by atoms with Crippen LogP contribution in [0.3, 0.4) is 0 Å². The number of carbonyl (C=O) groups is 2. The molecule has 0 spiro atoms. The molecule has 2 aromatic carbocycles. The van der Waals surface area contributed by atoms with Crippen LogP contribution in [0.2, 0.25) is 0 Å². The number of rotatable bonds is 11. The molecule has 1 aromatic heterocycles. The summed E-state index contributed by atoms with van der Waals surface area (Å²) < 4.78 is 89.7. The van der Waals surface area contributed by atoms with Crippen molar-refractivity contribution in [1.29, 1.82) is 0 Å². The SMILES string of the molecule is N[C@H](C(=O)Nc1cncc(F)c1CC[C@@H]1CN[C@H](COC(=O)NCC(F)(F)F)CO1)[C@H](c1ccc(F)cc1)c1cccc(F)c1. The Hall–Kier alpha value is -4.21. The van der Waals surface area contributed by atoms with Crippen LogP contribution in [-0.2, 0) is 20.7 Å². The average Bonchev–Trinajstić information content (AvgIpc) is 3.00. The predicted octanol–water partition coefficient (Wildman–Crippen LogP) is 4.17. The largest absolute Gasteiger partial charge is 0.448 e. The number of amides is 2. The molecule has 242 valence electrons. The number of halogens is 6. The van der Waals surface area contributed by atoms with Crippen molar-refractivity contribution in [3.63, 3.8) is 0 Å². The van der Waals surface area contributed by atoms with E-state index in [0.717, 1.165) is 6.20 Å². The van der Waals surface area contributed by atoms with E-state index >= 15 is 0 Å². The Bertz CT molecular complexity index is 1450. The summed E-state index contributed by atoms with van der Waals surface area (Å²) in [5.41, 5.74) is 7.45. The van der Waals surface area contributed by atoms with Gasteiger partial charge in [-0.15, -0.1) is 0 Å². The molecule has 15 heteroatoms. The van der Waals surface area contributed by atoms with Crippen LogP contribution in [-0.4, -0.2) is 67.7 Å². The van der Waals surface area contributed by atoms with Crippen LogP contribution in [0, 0.1) is 17.5 Å². The van der Waals surface area contributed by atoms with Crippen molar-refractivity contribution in [2.24, 2.45) is 5.73 Å². The minimum Gasteiger partial charge on any atom is -0.448 e. The molecule has 2 heterocycles. The fourth-order valence-corrected chi connectivity index (χ4v) is 4.83. The highest BCUT2D eigenvalue weighted by Crippen LogP contribution is 2.30. The van der Waals surface area contributed by atoms with Gasteiger partial charge in [-0.05, 0) is 48.2 Å². The lowest BCUT2D eigenvalue weighted by molar-refractivity contribution is -0.124. The van der Waals surface area contributed by atoms with Gasteiger partial charge in [0, 0.05) is 18.0 Å². The van der Waals surface area contributed by atoms with Crippen LogP contribution in [0.25, 0.3) is 0 Å². The normalized spacial score (nSPS) is 18.1. The molecule has 0 aliphatic carbocycles. The first-order chi connectivity index (χ1) is 21.4. The van der Waals surface area contributed by atoms with E-state index in [9.17, 15) is 35.9 Å². The highest BCUT2D eigenvalue weighted by atomic mass is 19.4. The summed E-state index contributed by atoms with van der Waals surface area (Å²) in [6.45, 7) is -1.37. The average molecular weight is 640 g/mol. The fourth-order valence-electron chi connectivity index (χ4n) is 4.83. The molecule has 1 aliphatic heterocycles. The molecule has 4 atom stereocenters. The van der Waals surface area contributed by atoms with Crippen LogP contribution < -0.4 is 21.7 Å². The highest BCUT2D eigenvalue weighted by Gasteiger charge is 2.30. The second-order valence-electron chi connectivity index (χ2n) is 10.4. The first-order valence-electron chi connectivity index (χ1n) is 13.9. The first kappa shape index (κ1) is 33.7. The second kappa shape index (κ2) is 15.2. The molecular weight excluding hydrogens is 608 g/mol. The number of aromatic nitrogens is 1. The van der Waals surface area contributed by atoms with Gasteiger partial charge in [0.05, 0.1) is 42.9 Å². The van der Waals surface area contributed by atoms with Crippen LogP contribution >= 0.6 is 0 Å². The molecule has 1 saturated heterocycles. The maximum atomic E-state index is 14.9. The van der Waals surface area contributed by atoms with Crippen molar-refractivity contribution in [3.05, 3.63) is 95.1 Å². The lowest BCUT2D eigenvalue weighted by Crippen LogP contribution is -2.49. The summed E-state index contributed by atoms with van der Waals surface area (Å²) in [4.78, 5) is 28.6. The monoisotopic (exact) mass is 639 g/mol. The molecule has 45 heavy (non-hydrogen) atoms. The zero-order chi connectivity index (χ0) is 32.6. The Morgan fingerprint density at radius 3 is 2.49 bits per heavy atom. The predicted molar refractivity (Wildman–Crippen MR) is 151 cm³/mol. The van der Waals surface area contributed by atoms with Gasteiger partial charge in [0.1, 0.15) is 30.6 Å². The lowest BCUT2D eigenvalue weighted by Gasteiger charge is -2.30. The number of ether oxygens (including phenoxy) is 2. The van der Waals surface area contributed by atoms with Gasteiger partial charge in [-0.3, -0.25) is 9.78 Å². The third kappa shape index (κ3) is 9.89. The molecule has 0 saturated carbocycles. The Labute approximate surface area is 254 Å². The number of alkyl halides is 3. The van der Waals surface area contributed by atoms with E-state index in [0.29, 0.717) is 17.5 Å². The summed E-state index contributed by atoms with van der Waals surface area (Å²) in [6, 6.07) is 9.09. The lowest BCUT2D eigenvalue weighted by atomic mass is 9.85. The van der Waals surface area contributed by atoms with E-state index in [1.54, 1.807) is 11.4 Å². The van der Waals surface area contributed by atoms with Crippen molar-refractivity contribution >= 4 is 17.7 Å². The fraction of sp³-hybridized carbons (Fsp3) is 0.367. The molecular formula is C30H31F6N5O4. The topological polar surface area (TPSA) is 128 Å². The number of pyridine rings is 1. The molecule has 2 amide bonds. The number of morpholine rings is 1. The van der Waals surface area contributed by atoms with Crippen LogP contribution in [0.4, 0.5) is 36.8 Å². The smallest absolute Gasteiger partial charge is 0.407 e. The number of nitrogens with zero attached hydrogens (tertiary/aromatic N) is 1. The minimum absolute atomic E-state index is 0.0764. The van der Waals surface area contributed by atoms with Gasteiger partial charge in [0.15, 0.2) is 0 Å². The number of anilines is 1. The third-order valence-electron chi connectivity index (χ3n) is 7.09. The summed E-state index contributed by atoms with van der Waals surface area (Å²) in [7, 11) is 0. The Morgan fingerprint density at radius 1 is 1.07 bits per heavy atom. The summed E-state index contributed by atoms with van der Waals surface area (Å²) in [5.74, 6) is -3.30. The van der Waals surface area contributed by atoms with E-state index in [-0.39, 0.29) is 37.4 Å². The number of carbonyl (C=O) groups excluding carboxylic acids is 2. The molecule has 0 unspecified atom stereocenters. The molecule has 5 N–H and O–H groups in total. The van der Waals surface area contributed by atoms with Crippen molar-refractivity contribution < 1.29 is 45.4 Å². The molecule has 3 aromatic rings. The van der Waals surface area contributed by atoms with E-state index < -0.39 is 66.3 Å². The second-order valence-corrected chi connectivity index (χ2v) is 10.4. The summed E-state index contributed by atoms with van der Waals surface area (Å²) in [6.07, 6.45) is -3.46. The minimum atomic E-state index is -4.56. The van der Waals surface area contributed by atoms with Gasteiger partial charge in [-0.25, -0.2) is 18.0 Å². The van der Waals surface area contributed by atoms with Gasteiger partial charge >= 0.3 is 12.3 Å². The molecule has 0 radical (unpaired) electrons. The quantitative estimate of drug-likeness (QED) is 0.232. The van der Waals surface area contributed by atoms with Crippen LogP contribution in [0.15, 0.2) is 60.9 Å². The molecule has 9 nitrogen and oxygen atoms in total. The van der Waals surface area contributed by atoms with Gasteiger partial charge in [0.2, 0.25) is 5.91 Å². The Balaban J connectivity index is 1.36. The number of nitrogens with one attached hydrogen (secondary N) is 3. The number of hydrogen-bond acceptors (Lipinski definition) is 7. The van der Waals surface area contributed by atoms with Crippen molar-refractivity contribution in [3.8, 4) is 0 Å². The maximum absolute atomic E-state index is 14.9. The zero-order valence-electron chi connectivity index (χ0n) is 23.8. The van der Waals surface area contributed by atoms with Crippen LogP contribution in [0.5, 0.6) is 0 Å². The van der Waals surface area contributed by atoms with Gasteiger partial charge in [0.25, 0.3) is 0 Å². The summed E-state index contributed by atoms with van der Waals surface area (Å²) >= 11 is 0. The summed E-state index contributed by atoms with van der Waals surface area (Å²) in [5, 5.41) is 7.29. The molecule has 1 aliphatic rings. The van der Waals surface area contributed by atoms with E-state index in [1.165, 1.54) is 48.7 Å². The van der Waals surface area contributed by atoms with E-state index in [2.05, 4.69) is 15.6 Å². The van der Waals surface area contributed by atoms with E-state index in [4.69, 9.17) is 15.2 Å². The number of nitrogens with two attached hydrogens (primary N) is 1. The number of alkyl carbamates (subject to hydrolysis) is 1. The standard InChI is InChI=1S/C30H31F6N5O4/c31-19-6-4-17(5-7-19)26(18-2-1-3-20(32)10-18)27(37)28(42)41-25-13-38-12-24(33)23(25)9-8-22-11-39-21(14-44-22)15-45-29(43)40-16-30(34,35)36/h1-7,10,12-13,21-22,26-27,39H,8-9,11,14-16,37H2,(H,40,43)(H,41,42)/t21-,22+,26+,27-/m0/s1. The Morgan fingerprint density at radius 2 is 1.82 bits per heavy atom. The zero-order valence-corrected chi connectivity index (χ0v) is 23.8. The Kier molecular flexibility index (Phi) is 11.4. The first-order valence-corrected chi connectivity index (χ1v) is 13.9. The van der Waals surface area contributed by atoms with Crippen molar-refractivity contribution in [2.75, 3.05) is 31.6 Å². The number of benzene rings is 2. The van der Waals surface area contributed by atoms with Gasteiger partial charge in [-0.2, -0.15) is 13.2 Å². The van der Waals surface area contributed by atoms with Crippen LogP contribution in [0.1, 0.15) is 29.0 Å². The van der Waals surface area contributed by atoms with Gasteiger partial charge < -0.3 is 31.2 Å². The molecule has 1 fully saturated rings. The maximum Gasteiger partial charge on any atom is 0.407 e. The van der Waals surface area contributed by atoms with Crippen molar-refractivity contribution in [1.82, 2.24) is 15.6 Å². The highest BCUT2D eigenvalue weighted by molar-refractivity contribution is 5.96. The molecule has 4 rings (SSSR count). The van der Waals surface area contributed by atoms with Crippen molar-refractivity contribution in [2.45, 2.75) is 43.1 Å². The van der Waals surface area contributed by atoms with Gasteiger partial charge in [-0.1, -0.05) is 24.3 Å². The molecule has 0 bridgehead atoms. The third-order valence-corrected chi connectivity index (χ3v) is 7.09. The van der Waals surface area contributed by atoms with E-state index in [1.807, 2.05) is 0 Å².